The maximum absolute atomic E-state index is 12.8. The number of piperidine rings is 1. The molecule has 2 aromatic rings. The zero-order valence-electron chi connectivity index (χ0n) is 18.9. The van der Waals surface area contributed by atoms with Gasteiger partial charge in [0, 0.05) is 30.6 Å². The van der Waals surface area contributed by atoms with Gasteiger partial charge in [0.15, 0.2) is 0 Å². The highest BCUT2D eigenvalue weighted by molar-refractivity contribution is 7.89. The number of likely N-dealkylation sites (N-methyl/N-ethyl adjacent to an activating group) is 1. The summed E-state index contributed by atoms with van der Waals surface area (Å²) < 4.78 is 27.1. The lowest BCUT2D eigenvalue weighted by Crippen LogP contribution is -2.44. The first-order valence-electron chi connectivity index (χ1n) is 11.0. The molecular formula is C24H32ClN3O3S. The van der Waals surface area contributed by atoms with Crippen LogP contribution in [0.3, 0.4) is 0 Å². The minimum Gasteiger partial charge on any atom is -0.354 e. The molecule has 0 bridgehead atoms. The van der Waals surface area contributed by atoms with Crippen molar-refractivity contribution in [2.75, 3.05) is 33.7 Å². The summed E-state index contributed by atoms with van der Waals surface area (Å²) in [5, 5.41) is 3.59. The zero-order valence-corrected chi connectivity index (χ0v) is 20.5. The maximum atomic E-state index is 12.8. The smallest absolute Gasteiger partial charge is 0.243 e. The van der Waals surface area contributed by atoms with Crippen LogP contribution in [0.2, 0.25) is 5.02 Å². The highest BCUT2D eigenvalue weighted by atomic mass is 35.5. The van der Waals surface area contributed by atoms with Crippen LogP contribution in [-0.4, -0.2) is 57.3 Å². The minimum absolute atomic E-state index is 0.00873. The second kappa shape index (κ2) is 10.8. The Labute approximate surface area is 196 Å². The second-order valence-electron chi connectivity index (χ2n) is 8.45. The van der Waals surface area contributed by atoms with Crippen molar-refractivity contribution in [1.29, 1.82) is 0 Å². The van der Waals surface area contributed by atoms with Gasteiger partial charge in [-0.05, 0) is 68.8 Å². The molecule has 1 amide bonds. The van der Waals surface area contributed by atoms with E-state index < -0.39 is 10.0 Å². The van der Waals surface area contributed by atoms with E-state index in [4.69, 9.17) is 11.6 Å². The van der Waals surface area contributed by atoms with Crippen LogP contribution in [-0.2, 0) is 21.2 Å². The highest BCUT2D eigenvalue weighted by Gasteiger charge is 2.32. The van der Waals surface area contributed by atoms with Gasteiger partial charge in [-0.3, -0.25) is 4.79 Å². The van der Waals surface area contributed by atoms with Gasteiger partial charge >= 0.3 is 0 Å². The van der Waals surface area contributed by atoms with E-state index in [0.717, 1.165) is 12.0 Å². The molecule has 32 heavy (non-hydrogen) atoms. The number of hydrogen-bond acceptors (Lipinski definition) is 4. The maximum Gasteiger partial charge on any atom is 0.243 e. The third-order valence-electron chi connectivity index (χ3n) is 6.14. The standard InChI is InChI=1S/C24H32ClN3O3S/c1-4-18-5-7-19(8-6-18)23(27(2)3)17-26-24(29)20-13-15-28(16-14-20)32(30,31)22-11-9-21(25)10-12-22/h5-12,20,23H,4,13-17H2,1-3H3,(H,26,29)/t23-/m0/s1. The molecule has 0 spiro atoms. The van der Waals surface area contributed by atoms with E-state index in [9.17, 15) is 13.2 Å². The predicted molar refractivity (Wildman–Crippen MR) is 128 cm³/mol. The number of halogens is 1. The second-order valence-corrected chi connectivity index (χ2v) is 10.8. The summed E-state index contributed by atoms with van der Waals surface area (Å²) in [6, 6.07) is 14.8. The van der Waals surface area contributed by atoms with E-state index in [1.165, 1.54) is 22.0 Å². The fourth-order valence-electron chi connectivity index (χ4n) is 4.03. The van der Waals surface area contributed by atoms with E-state index in [1.54, 1.807) is 12.1 Å². The quantitative estimate of drug-likeness (QED) is 0.629. The molecule has 6 nitrogen and oxygen atoms in total. The number of carbonyl (C=O) groups excluding carboxylic acids is 1. The Morgan fingerprint density at radius 3 is 2.22 bits per heavy atom. The van der Waals surface area contributed by atoms with Crippen LogP contribution >= 0.6 is 11.6 Å². The van der Waals surface area contributed by atoms with Gasteiger partial charge in [-0.2, -0.15) is 4.31 Å². The number of nitrogens with one attached hydrogen (secondary N) is 1. The lowest BCUT2D eigenvalue weighted by molar-refractivity contribution is -0.126. The van der Waals surface area contributed by atoms with Crippen molar-refractivity contribution in [1.82, 2.24) is 14.5 Å². The summed E-state index contributed by atoms with van der Waals surface area (Å²) in [6.45, 7) is 3.31. The normalized spacial score (nSPS) is 16.8. The molecule has 0 radical (unpaired) electrons. The molecule has 1 fully saturated rings. The number of aryl methyl sites for hydroxylation is 1. The third kappa shape index (κ3) is 5.90. The number of carbonyl (C=O) groups is 1. The lowest BCUT2D eigenvalue weighted by Gasteiger charge is -2.31. The van der Waals surface area contributed by atoms with Gasteiger partial charge in [0.25, 0.3) is 0 Å². The predicted octanol–water partition coefficient (Wildman–Crippen LogP) is 3.72. The van der Waals surface area contributed by atoms with Crippen LogP contribution in [0, 0.1) is 5.92 Å². The van der Waals surface area contributed by atoms with Crippen molar-refractivity contribution in [2.45, 2.75) is 37.1 Å². The van der Waals surface area contributed by atoms with E-state index in [0.29, 0.717) is 37.5 Å². The van der Waals surface area contributed by atoms with Crippen LogP contribution in [0.5, 0.6) is 0 Å². The largest absolute Gasteiger partial charge is 0.354 e. The van der Waals surface area contributed by atoms with Crippen molar-refractivity contribution in [2.24, 2.45) is 5.92 Å². The molecule has 1 aliphatic heterocycles. The van der Waals surface area contributed by atoms with E-state index in [2.05, 4.69) is 41.4 Å². The third-order valence-corrected chi connectivity index (χ3v) is 8.31. The van der Waals surface area contributed by atoms with E-state index >= 15 is 0 Å². The van der Waals surface area contributed by atoms with Gasteiger partial charge in [-0.25, -0.2) is 8.42 Å². The van der Waals surface area contributed by atoms with E-state index in [1.807, 2.05) is 14.1 Å². The summed E-state index contributed by atoms with van der Waals surface area (Å²) in [6.07, 6.45) is 2.02. The van der Waals surface area contributed by atoms with Crippen molar-refractivity contribution < 1.29 is 13.2 Å². The van der Waals surface area contributed by atoms with Gasteiger partial charge in [0.05, 0.1) is 10.9 Å². The Kier molecular flexibility index (Phi) is 8.33. The first-order chi connectivity index (χ1) is 15.2. The molecule has 3 rings (SSSR count). The molecule has 1 atom stereocenters. The summed E-state index contributed by atoms with van der Waals surface area (Å²) in [4.78, 5) is 15.1. The van der Waals surface area contributed by atoms with Crippen molar-refractivity contribution in [3.63, 3.8) is 0 Å². The van der Waals surface area contributed by atoms with Gasteiger partial charge in [-0.1, -0.05) is 42.8 Å². The number of rotatable bonds is 8. The first-order valence-corrected chi connectivity index (χ1v) is 12.8. The topological polar surface area (TPSA) is 69.7 Å². The minimum atomic E-state index is -3.57. The van der Waals surface area contributed by atoms with Crippen LogP contribution in [0.15, 0.2) is 53.4 Å². The number of benzene rings is 2. The number of sulfonamides is 1. The Balaban J connectivity index is 1.56. The lowest BCUT2D eigenvalue weighted by atomic mass is 9.96. The van der Waals surface area contributed by atoms with Crippen molar-refractivity contribution in [3.8, 4) is 0 Å². The molecule has 1 saturated heterocycles. The average molecular weight is 478 g/mol. The first kappa shape index (κ1) is 24.7. The fourth-order valence-corrected chi connectivity index (χ4v) is 5.63. The molecule has 1 N–H and O–H groups in total. The Hall–Kier alpha value is -1.93. The molecule has 0 unspecified atom stereocenters. The molecule has 1 aliphatic rings. The summed E-state index contributed by atoms with van der Waals surface area (Å²) in [7, 11) is 0.439. The van der Waals surface area contributed by atoms with Crippen molar-refractivity contribution in [3.05, 3.63) is 64.7 Å². The molecule has 1 heterocycles. The van der Waals surface area contributed by atoms with Crippen LogP contribution in [0.4, 0.5) is 0 Å². The fraction of sp³-hybridized carbons (Fsp3) is 0.458. The van der Waals surface area contributed by atoms with Crippen LogP contribution in [0.1, 0.15) is 36.9 Å². The van der Waals surface area contributed by atoms with E-state index in [-0.39, 0.29) is 22.8 Å². The van der Waals surface area contributed by atoms with Gasteiger partial charge < -0.3 is 10.2 Å². The monoisotopic (exact) mass is 477 g/mol. The molecule has 0 aliphatic carbocycles. The van der Waals surface area contributed by atoms with Crippen molar-refractivity contribution >= 4 is 27.5 Å². The Morgan fingerprint density at radius 1 is 1.09 bits per heavy atom. The zero-order chi connectivity index (χ0) is 23.3. The Morgan fingerprint density at radius 2 is 1.69 bits per heavy atom. The Bertz CT molecular complexity index is 1000. The van der Waals surface area contributed by atoms with Crippen LogP contribution in [0.25, 0.3) is 0 Å². The van der Waals surface area contributed by atoms with Gasteiger partial charge in [0.2, 0.25) is 15.9 Å². The number of hydrogen-bond donors (Lipinski definition) is 1. The molecule has 174 valence electrons. The molecule has 0 saturated carbocycles. The summed E-state index contributed by atoms with van der Waals surface area (Å²) in [5.74, 6) is -0.192. The molecule has 0 aromatic heterocycles. The van der Waals surface area contributed by atoms with Crippen LogP contribution < -0.4 is 5.32 Å². The number of nitrogens with zero attached hydrogens (tertiary/aromatic N) is 2. The SMILES string of the molecule is CCc1ccc([C@H](CNC(=O)C2CCN(S(=O)(=O)c3ccc(Cl)cc3)CC2)N(C)C)cc1. The summed E-state index contributed by atoms with van der Waals surface area (Å²) >= 11 is 5.87. The van der Waals surface area contributed by atoms with Gasteiger partial charge in [-0.15, -0.1) is 0 Å². The summed E-state index contributed by atoms with van der Waals surface area (Å²) in [5.41, 5.74) is 2.45. The highest BCUT2D eigenvalue weighted by Crippen LogP contribution is 2.25. The molecule has 8 heteroatoms. The molecule has 2 aromatic carbocycles. The van der Waals surface area contributed by atoms with Gasteiger partial charge in [0.1, 0.15) is 0 Å². The number of amides is 1. The average Bonchev–Trinajstić information content (AvgIpc) is 2.79. The molecular weight excluding hydrogens is 446 g/mol.